The Morgan fingerprint density at radius 2 is 1.84 bits per heavy atom. The molecule has 0 radical (unpaired) electrons. The summed E-state index contributed by atoms with van der Waals surface area (Å²) in [6.45, 7) is 0.272. The highest BCUT2D eigenvalue weighted by atomic mass is 35.5. The van der Waals surface area contributed by atoms with Gasteiger partial charge >= 0.3 is 0 Å². The maximum absolute atomic E-state index is 13.7. The Balaban J connectivity index is 1.63. The molecule has 4 nitrogen and oxygen atoms in total. The van der Waals surface area contributed by atoms with E-state index in [0.717, 1.165) is 16.7 Å². The van der Waals surface area contributed by atoms with Crippen LogP contribution in [0.5, 0.6) is 5.75 Å². The van der Waals surface area contributed by atoms with Crippen LogP contribution in [0.4, 0.5) is 9.18 Å². The van der Waals surface area contributed by atoms with Gasteiger partial charge in [-0.25, -0.2) is 4.39 Å². The number of rotatable bonds is 5. The fourth-order valence-corrected chi connectivity index (χ4v) is 3.19. The number of imide groups is 1. The molecule has 0 bridgehead atoms. The van der Waals surface area contributed by atoms with Crippen LogP contribution < -0.4 is 4.74 Å². The zero-order chi connectivity index (χ0) is 17.8. The standard InChI is InChI=1S/C18H13ClFNO3S/c19-13-5-7-14(8-6-13)24-10-9-21-17(22)16(25-18(21)23)11-12-3-1-2-4-15(12)20/h1-8,11H,9-10H2/b16-11-. The van der Waals surface area contributed by atoms with Crippen molar-refractivity contribution < 1.29 is 18.7 Å². The van der Waals surface area contributed by atoms with Crippen molar-refractivity contribution in [2.75, 3.05) is 13.2 Å². The quantitative estimate of drug-likeness (QED) is 0.715. The topological polar surface area (TPSA) is 46.6 Å². The lowest BCUT2D eigenvalue weighted by Gasteiger charge is -2.13. The van der Waals surface area contributed by atoms with Gasteiger partial charge < -0.3 is 4.74 Å². The van der Waals surface area contributed by atoms with Crippen molar-refractivity contribution in [3.05, 3.63) is 69.8 Å². The van der Waals surface area contributed by atoms with Gasteiger partial charge in [0.25, 0.3) is 11.1 Å². The van der Waals surface area contributed by atoms with E-state index in [-0.39, 0.29) is 23.6 Å². The molecule has 0 N–H and O–H groups in total. The smallest absolute Gasteiger partial charge is 0.293 e. The molecule has 0 unspecified atom stereocenters. The normalized spacial score (nSPS) is 15.9. The number of hydrogen-bond donors (Lipinski definition) is 0. The number of benzene rings is 2. The first-order valence-corrected chi connectivity index (χ1v) is 8.62. The monoisotopic (exact) mass is 377 g/mol. The highest BCUT2D eigenvalue weighted by Gasteiger charge is 2.34. The van der Waals surface area contributed by atoms with Crippen LogP contribution in [0.15, 0.2) is 53.4 Å². The first-order chi connectivity index (χ1) is 12.0. The third kappa shape index (κ3) is 4.21. The summed E-state index contributed by atoms with van der Waals surface area (Å²) in [6.07, 6.45) is 1.39. The van der Waals surface area contributed by atoms with Gasteiger partial charge in [-0.05, 0) is 48.2 Å². The minimum absolute atomic E-state index is 0.113. The predicted molar refractivity (Wildman–Crippen MR) is 96.0 cm³/mol. The molecular formula is C18H13ClFNO3S. The van der Waals surface area contributed by atoms with Crippen LogP contribution in [-0.4, -0.2) is 29.2 Å². The summed E-state index contributed by atoms with van der Waals surface area (Å²) < 4.78 is 19.2. The SMILES string of the molecule is O=C1S/C(=C\c2ccccc2F)C(=O)N1CCOc1ccc(Cl)cc1. The minimum atomic E-state index is -0.446. The molecule has 2 aromatic rings. The van der Waals surface area contributed by atoms with E-state index < -0.39 is 17.0 Å². The van der Waals surface area contributed by atoms with Crippen molar-refractivity contribution in [2.24, 2.45) is 0 Å². The second-order valence-electron chi connectivity index (χ2n) is 5.16. The Bertz CT molecular complexity index is 838. The van der Waals surface area contributed by atoms with Crippen molar-refractivity contribution in [1.82, 2.24) is 4.90 Å². The molecule has 3 rings (SSSR count). The molecular weight excluding hydrogens is 365 g/mol. The lowest BCUT2D eigenvalue weighted by Crippen LogP contribution is -2.32. The predicted octanol–water partition coefficient (Wildman–Crippen LogP) is 4.59. The maximum Gasteiger partial charge on any atom is 0.293 e. The summed E-state index contributed by atoms with van der Waals surface area (Å²) in [6, 6.07) is 12.9. The fourth-order valence-electron chi connectivity index (χ4n) is 2.21. The largest absolute Gasteiger partial charge is 0.492 e. The van der Waals surface area contributed by atoms with Crippen molar-refractivity contribution in [3.8, 4) is 5.75 Å². The molecule has 25 heavy (non-hydrogen) atoms. The number of halogens is 2. The second kappa shape index (κ2) is 7.72. The molecule has 1 aliphatic heterocycles. The molecule has 1 heterocycles. The van der Waals surface area contributed by atoms with E-state index >= 15 is 0 Å². The average Bonchev–Trinajstić information content (AvgIpc) is 2.86. The molecule has 0 aromatic heterocycles. The van der Waals surface area contributed by atoms with Crippen molar-refractivity contribution in [3.63, 3.8) is 0 Å². The van der Waals surface area contributed by atoms with Crippen LogP contribution in [-0.2, 0) is 4.79 Å². The number of carbonyl (C=O) groups excluding carboxylic acids is 2. The molecule has 1 aliphatic rings. The summed E-state index contributed by atoms with van der Waals surface area (Å²) in [4.78, 5) is 25.6. The average molecular weight is 378 g/mol. The molecule has 2 amide bonds. The molecule has 0 aliphatic carbocycles. The van der Waals surface area contributed by atoms with E-state index in [0.29, 0.717) is 10.8 Å². The number of carbonyl (C=O) groups is 2. The van der Waals surface area contributed by atoms with E-state index in [1.165, 1.54) is 12.1 Å². The molecule has 2 aromatic carbocycles. The van der Waals surface area contributed by atoms with E-state index in [1.54, 1.807) is 42.5 Å². The Morgan fingerprint density at radius 3 is 2.56 bits per heavy atom. The van der Waals surface area contributed by atoms with Gasteiger partial charge in [-0.2, -0.15) is 0 Å². The van der Waals surface area contributed by atoms with Crippen LogP contribution >= 0.6 is 23.4 Å². The van der Waals surface area contributed by atoms with Crippen molar-refractivity contribution in [2.45, 2.75) is 0 Å². The van der Waals surface area contributed by atoms with Gasteiger partial charge in [-0.3, -0.25) is 14.5 Å². The van der Waals surface area contributed by atoms with Gasteiger partial charge in [0.2, 0.25) is 0 Å². The van der Waals surface area contributed by atoms with Crippen molar-refractivity contribution >= 4 is 40.6 Å². The Labute approximate surface area is 153 Å². The van der Waals surface area contributed by atoms with Gasteiger partial charge in [0.05, 0.1) is 11.4 Å². The molecule has 0 atom stereocenters. The number of nitrogens with zero attached hydrogens (tertiary/aromatic N) is 1. The second-order valence-corrected chi connectivity index (χ2v) is 6.59. The number of ether oxygens (including phenoxy) is 1. The molecule has 0 spiro atoms. The first kappa shape index (κ1) is 17.5. The minimum Gasteiger partial charge on any atom is -0.492 e. The van der Waals surface area contributed by atoms with E-state index in [1.807, 2.05) is 0 Å². The zero-order valence-electron chi connectivity index (χ0n) is 12.9. The molecule has 128 valence electrons. The zero-order valence-corrected chi connectivity index (χ0v) is 14.5. The van der Waals surface area contributed by atoms with Crippen LogP contribution in [0.25, 0.3) is 6.08 Å². The molecule has 1 fully saturated rings. The van der Waals surface area contributed by atoms with Crippen LogP contribution in [0, 0.1) is 5.82 Å². The molecule has 7 heteroatoms. The summed E-state index contributed by atoms with van der Waals surface area (Å²) in [5.74, 6) is -0.295. The van der Waals surface area contributed by atoms with E-state index in [2.05, 4.69) is 0 Å². The Hall–Kier alpha value is -2.31. The summed E-state index contributed by atoms with van der Waals surface area (Å²) in [5, 5.41) is 0.198. The third-order valence-corrected chi connectivity index (χ3v) is 4.62. The maximum atomic E-state index is 13.7. The summed E-state index contributed by atoms with van der Waals surface area (Å²) >= 11 is 6.58. The van der Waals surface area contributed by atoms with Crippen LogP contribution in [0.3, 0.4) is 0 Å². The van der Waals surface area contributed by atoms with Crippen molar-refractivity contribution in [1.29, 1.82) is 0 Å². The summed E-state index contributed by atoms with van der Waals surface area (Å²) in [7, 11) is 0. The summed E-state index contributed by atoms with van der Waals surface area (Å²) in [5.41, 5.74) is 0.269. The third-order valence-electron chi connectivity index (χ3n) is 3.46. The molecule has 1 saturated heterocycles. The van der Waals surface area contributed by atoms with E-state index in [4.69, 9.17) is 16.3 Å². The van der Waals surface area contributed by atoms with Gasteiger partial charge in [0.1, 0.15) is 18.2 Å². The Kier molecular flexibility index (Phi) is 5.40. The van der Waals surface area contributed by atoms with Crippen LogP contribution in [0.1, 0.15) is 5.56 Å². The highest BCUT2D eigenvalue weighted by Crippen LogP contribution is 2.32. The number of hydrogen-bond acceptors (Lipinski definition) is 4. The first-order valence-electron chi connectivity index (χ1n) is 7.43. The fraction of sp³-hybridized carbons (Fsp3) is 0.111. The highest BCUT2D eigenvalue weighted by molar-refractivity contribution is 8.18. The van der Waals surface area contributed by atoms with E-state index in [9.17, 15) is 14.0 Å². The lowest BCUT2D eigenvalue weighted by molar-refractivity contribution is -0.123. The van der Waals surface area contributed by atoms with Gasteiger partial charge in [0.15, 0.2) is 0 Å². The lowest BCUT2D eigenvalue weighted by atomic mass is 10.2. The number of thioether (sulfide) groups is 1. The van der Waals surface area contributed by atoms with Gasteiger partial charge in [0, 0.05) is 10.6 Å². The van der Waals surface area contributed by atoms with Crippen LogP contribution in [0.2, 0.25) is 5.02 Å². The van der Waals surface area contributed by atoms with Gasteiger partial charge in [-0.1, -0.05) is 29.8 Å². The van der Waals surface area contributed by atoms with Gasteiger partial charge in [-0.15, -0.1) is 0 Å². The Morgan fingerprint density at radius 1 is 1.12 bits per heavy atom. The molecule has 0 saturated carbocycles. The number of amides is 2.